The molecule has 2 aromatic carbocycles. The summed E-state index contributed by atoms with van der Waals surface area (Å²) in [5.74, 6) is 1.48. The van der Waals surface area contributed by atoms with Crippen molar-refractivity contribution in [3.05, 3.63) is 42.5 Å². The third-order valence-electron chi connectivity index (χ3n) is 3.90. The summed E-state index contributed by atoms with van der Waals surface area (Å²) in [5.41, 5.74) is 2.43. The van der Waals surface area contributed by atoms with Gasteiger partial charge in [0.15, 0.2) is 0 Å². The van der Waals surface area contributed by atoms with Crippen LogP contribution in [-0.4, -0.2) is 23.7 Å². The number of thioether (sulfide) groups is 2. The molecule has 3 rings (SSSR count). The second kappa shape index (κ2) is 13.0. The number of rotatable bonds is 3. The zero-order valence-corrected chi connectivity index (χ0v) is 18.4. The zero-order chi connectivity index (χ0) is 19.4. The normalized spacial score (nSPS) is 12.7. The van der Waals surface area contributed by atoms with Crippen LogP contribution in [0.3, 0.4) is 0 Å². The first-order valence-corrected chi connectivity index (χ1v) is 11.8. The van der Waals surface area contributed by atoms with Crippen LogP contribution in [0, 0.1) is 0 Å². The highest BCUT2D eigenvalue weighted by molar-refractivity contribution is 7.99. The van der Waals surface area contributed by atoms with Gasteiger partial charge >= 0.3 is 0 Å². The van der Waals surface area contributed by atoms with E-state index in [1.165, 1.54) is 29.1 Å². The summed E-state index contributed by atoms with van der Waals surface area (Å²) in [4.78, 5) is 4.46. The fraction of sp³-hybridized carbons (Fsp3) is 0.455. The van der Waals surface area contributed by atoms with E-state index in [0.717, 1.165) is 23.6 Å². The molecule has 4 heteroatoms. The lowest BCUT2D eigenvalue weighted by atomic mass is 10.2. The van der Waals surface area contributed by atoms with E-state index < -0.39 is 0 Å². The molecule has 1 N–H and O–H groups in total. The first-order chi connectivity index (χ1) is 12.7. The van der Waals surface area contributed by atoms with Crippen molar-refractivity contribution < 1.29 is 5.11 Å². The van der Waals surface area contributed by atoms with E-state index in [1.54, 1.807) is 11.8 Å². The van der Waals surface area contributed by atoms with Crippen LogP contribution in [0.2, 0.25) is 0 Å². The van der Waals surface area contributed by atoms with E-state index in [4.69, 9.17) is 0 Å². The van der Waals surface area contributed by atoms with Gasteiger partial charge in [0, 0.05) is 17.1 Å². The number of anilines is 2. The summed E-state index contributed by atoms with van der Waals surface area (Å²) in [7, 11) is 0. The number of hydrogen-bond donors (Lipinski definition) is 1. The molecule has 0 aromatic heterocycles. The van der Waals surface area contributed by atoms with Crippen LogP contribution < -0.4 is 4.90 Å². The summed E-state index contributed by atoms with van der Waals surface area (Å²) in [6.45, 7) is 9.38. The van der Waals surface area contributed by atoms with Gasteiger partial charge in [-0.1, -0.05) is 58.7 Å². The van der Waals surface area contributed by atoms with Gasteiger partial charge in [0.25, 0.3) is 0 Å². The van der Waals surface area contributed by atoms with Crippen LogP contribution in [0.4, 0.5) is 11.4 Å². The van der Waals surface area contributed by atoms with Gasteiger partial charge in [-0.15, -0.1) is 23.5 Å². The van der Waals surface area contributed by atoms with Gasteiger partial charge < -0.3 is 10.0 Å². The SMILES string of the molecule is CC.CCCC.CSc1cc2c(cc1O)SCCCN2c1ccccc1. The van der Waals surface area contributed by atoms with E-state index >= 15 is 0 Å². The van der Waals surface area contributed by atoms with Gasteiger partial charge in [0.1, 0.15) is 5.75 Å². The van der Waals surface area contributed by atoms with Crippen molar-refractivity contribution >= 4 is 34.9 Å². The van der Waals surface area contributed by atoms with Crippen LogP contribution in [0.1, 0.15) is 47.0 Å². The first-order valence-electron chi connectivity index (χ1n) is 9.57. The average Bonchev–Trinajstić information content (AvgIpc) is 2.91. The van der Waals surface area contributed by atoms with Crippen molar-refractivity contribution in [1.29, 1.82) is 0 Å². The van der Waals surface area contributed by atoms with Crippen LogP contribution >= 0.6 is 23.5 Å². The van der Waals surface area contributed by atoms with Gasteiger partial charge in [0.05, 0.1) is 10.6 Å². The van der Waals surface area contributed by atoms with Gasteiger partial charge in [-0.05, 0) is 42.7 Å². The third-order valence-corrected chi connectivity index (χ3v) is 5.80. The van der Waals surface area contributed by atoms with Crippen LogP contribution in [0.25, 0.3) is 0 Å². The Kier molecular flexibility index (Phi) is 11.4. The number of phenolic OH excluding ortho intramolecular Hbond substituents is 1. The number of fused-ring (bicyclic) bond motifs is 1. The molecule has 0 saturated heterocycles. The molecule has 0 amide bonds. The fourth-order valence-electron chi connectivity index (χ4n) is 2.43. The summed E-state index contributed by atoms with van der Waals surface area (Å²) in [6, 6.07) is 14.5. The van der Waals surface area contributed by atoms with Crippen molar-refractivity contribution in [1.82, 2.24) is 0 Å². The topological polar surface area (TPSA) is 23.5 Å². The molecule has 0 fully saturated rings. The van der Waals surface area contributed by atoms with E-state index in [0.29, 0.717) is 5.75 Å². The van der Waals surface area contributed by atoms with Crippen LogP contribution in [-0.2, 0) is 0 Å². The molecule has 1 aliphatic rings. The lowest BCUT2D eigenvalue weighted by Crippen LogP contribution is -2.18. The Bertz CT molecular complexity index is 630. The van der Waals surface area contributed by atoms with E-state index in [9.17, 15) is 5.11 Å². The molecule has 144 valence electrons. The molecule has 0 saturated carbocycles. The number of para-hydroxylation sites is 1. The second-order valence-corrected chi connectivity index (χ2v) is 7.67. The predicted octanol–water partition coefficient (Wildman–Crippen LogP) is 7.58. The summed E-state index contributed by atoms with van der Waals surface area (Å²) >= 11 is 3.42. The zero-order valence-electron chi connectivity index (χ0n) is 16.8. The predicted molar refractivity (Wildman–Crippen MR) is 121 cm³/mol. The number of nitrogens with zero attached hydrogens (tertiary/aromatic N) is 1. The van der Waals surface area contributed by atoms with Crippen molar-refractivity contribution in [3.8, 4) is 5.75 Å². The Hall–Kier alpha value is -1.26. The molecule has 1 heterocycles. The average molecular weight is 392 g/mol. The standard InChI is InChI=1S/C16H17NOS2.C4H10.C2H6/c1-19-16-10-13-15(11-14(16)18)20-9-5-8-17(13)12-6-3-2-4-7-12;1-3-4-2;1-2/h2-4,6-7,10-11,18H,5,8-9H2,1H3;3-4H2,1-2H3;1-2H3. The van der Waals surface area contributed by atoms with Crippen molar-refractivity contribution in [2.24, 2.45) is 0 Å². The largest absolute Gasteiger partial charge is 0.507 e. The maximum atomic E-state index is 10.1. The van der Waals surface area contributed by atoms with Gasteiger partial charge in [0.2, 0.25) is 0 Å². The summed E-state index contributed by atoms with van der Waals surface area (Å²) in [5, 5.41) is 10.1. The molecular formula is C22H33NOS2. The minimum absolute atomic E-state index is 0.388. The Labute approximate surface area is 168 Å². The van der Waals surface area contributed by atoms with E-state index in [-0.39, 0.29) is 0 Å². The Morgan fingerprint density at radius 3 is 2.31 bits per heavy atom. The van der Waals surface area contributed by atoms with Gasteiger partial charge in [-0.3, -0.25) is 0 Å². The smallest absolute Gasteiger partial charge is 0.130 e. The first kappa shape index (κ1) is 22.8. The quantitative estimate of drug-likeness (QED) is 0.545. The number of aromatic hydroxyl groups is 1. The fourth-order valence-corrected chi connectivity index (χ4v) is 3.93. The summed E-state index contributed by atoms with van der Waals surface area (Å²) in [6.07, 6.45) is 5.78. The molecule has 0 aliphatic carbocycles. The van der Waals surface area contributed by atoms with Crippen LogP contribution in [0.5, 0.6) is 5.75 Å². The molecule has 0 bridgehead atoms. The Morgan fingerprint density at radius 2 is 1.73 bits per heavy atom. The Morgan fingerprint density at radius 1 is 1.08 bits per heavy atom. The van der Waals surface area contributed by atoms with Crippen molar-refractivity contribution in [2.45, 2.75) is 56.7 Å². The second-order valence-electron chi connectivity index (χ2n) is 5.68. The highest BCUT2D eigenvalue weighted by Crippen LogP contribution is 2.43. The minimum atomic E-state index is 0.388. The maximum Gasteiger partial charge on any atom is 0.130 e. The molecule has 26 heavy (non-hydrogen) atoms. The van der Waals surface area contributed by atoms with Crippen molar-refractivity contribution in [3.63, 3.8) is 0 Å². The number of benzene rings is 2. The molecule has 0 unspecified atom stereocenters. The number of phenols is 1. The molecule has 0 atom stereocenters. The molecular weight excluding hydrogens is 358 g/mol. The Balaban J connectivity index is 0.000000500. The van der Waals surface area contributed by atoms with Gasteiger partial charge in [-0.2, -0.15) is 0 Å². The molecule has 2 aromatic rings. The highest BCUT2D eigenvalue weighted by atomic mass is 32.2. The lowest BCUT2D eigenvalue weighted by Gasteiger charge is -2.25. The molecule has 0 radical (unpaired) electrons. The van der Waals surface area contributed by atoms with E-state index in [1.807, 2.05) is 44.0 Å². The monoisotopic (exact) mass is 391 g/mol. The maximum absolute atomic E-state index is 10.1. The highest BCUT2D eigenvalue weighted by Gasteiger charge is 2.19. The molecule has 2 nitrogen and oxygen atoms in total. The third kappa shape index (κ3) is 6.48. The number of hydrogen-bond acceptors (Lipinski definition) is 4. The van der Waals surface area contributed by atoms with Crippen molar-refractivity contribution in [2.75, 3.05) is 23.5 Å². The van der Waals surface area contributed by atoms with E-state index in [2.05, 4.69) is 49.1 Å². The summed E-state index contributed by atoms with van der Waals surface area (Å²) < 4.78 is 0. The molecule has 0 spiro atoms. The van der Waals surface area contributed by atoms with Crippen LogP contribution in [0.15, 0.2) is 52.3 Å². The lowest BCUT2D eigenvalue weighted by molar-refractivity contribution is 0.461. The minimum Gasteiger partial charge on any atom is -0.507 e. The number of unbranched alkanes of at least 4 members (excludes halogenated alkanes) is 1. The van der Waals surface area contributed by atoms with Gasteiger partial charge in [-0.25, -0.2) is 0 Å². The molecule has 1 aliphatic heterocycles.